The van der Waals surface area contributed by atoms with E-state index in [1.165, 1.54) is 23.6 Å². The SMILES string of the molecule is CC(=O)Oc1ccc(OC/C=C(\C)CC/C=C(\C)CCC=C(C)C)cc1. The Hall–Kier alpha value is -2.29. The van der Waals surface area contributed by atoms with Gasteiger partial charge in [0.2, 0.25) is 0 Å². The monoisotopic (exact) mass is 356 g/mol. The molecule has 0 radical (unpaired) electrons. The highest BCUT2D eigenvalue weighted by molar-refractivity contribution is 5.69. The van der Waals surface area contributed by atoms with Gasteiger partial charge in [0.1, 0.15) is 18.1 Å². The lowest BCUT2D eigenvalue weighted by atomic mass is 10.1. The van der Waals surface area contributed by atoms with E-state index >= 15 is 0 Å². The molecule has 0 heterocycles. The maximum Gasteiger partial charge on any atom is 0.308 e. The van der Waals surface area contributed by atoms with E-state index in [4.69, 9.17) is 9.47 Å². The van der Waals surface area contributed by atoms with E-state index in [-0.39, 0.29) is 5.97 Å². The fourth-order valence-electron chi connectivity index (χ4n) is 2.39. The van der Waals surface area contributed by atoms with E-state index in [2.05, 4.69) is 45.9 Å². The van der Waals surface area contributed by atoms with Gasteiger partial charge >= 0.3 is 5.97 Å². The largest absolute Gasteiger partial charge is 0.490 e. The lowest BCUT2D eigenvalue weighted by molar-refractivity contribution is -0.131. The Balaban J connectivity index is 2.31. The van der Waals surface area contributed by atoms with E-state index in [0.717, 1.165) is 31.4 Å². The van der Waals surface area contributed by atoms with Crippen LogP contribution >= 0.6 is 0 Å². The van der Waals surface area contributed by atoms with Crippen molar-refractivity contribution in [3.05, 3.63) is 59.2 Å². The zero-order valence-corrected chi connectivity index (χ0v) is 16.8. The average Bonchev–Trinajstić information content (AvgIpc) is 2.55. The third-order valence-corrected chi connectivity index (χ3v) is 3.89. The van der Waals surface area contributed by atoms with E-state index < -0.39 is 0 Å². The van der Waals surface area contributed by atoms with Crippen LogP contribution in [0, 0.1) is 0 Å². The molecule has 1 rings (SSSR count). The van der Waals surface area contributed by atoms with Crippen LogP contribution < -0.4 is 9.47 Å². The molecule has 1 aromatic rings. The summed E-state index contributed by atoms with van der Waals surface area (Å²) in [4.78, 5) is 10.9. The summed E-state index contributed by atoms with van der Waals surface area (Å²) < 4.78 is 10.7. The first-order valence-corrected chi connectivity index (χ1v) is 9.22. The van der Waals surface area contributed by atoms with Gasteiger partial charge in [-0.25, -0.2) is 0 Å². The van der Waals surface area contributed by atoms with Crippen molar-refractivity contribution in [3.63, 3.8) is 0 Å². The number of esters is 1. The Morgan fingerprint density at radius 1 is 0.808 bits per heavy atom. The number of rotatable bonds is 10. The molecule has 0 aliphatic carbocycles. The summed E-state index contributed by atoms with van der Waals surface area (Å²) >= 11 is 0. The van der Waals surface area contributed by atoms with Gasteiger partial charge in [0.25, 0.3) is 0 Å². The van der Waals surface area contributed by atoms with E-state index in [9.17, 15) is 4.79 Å². The maximum atomic E-state index is 10.9. The van der Waals surface area contributed by atoms with Crippen LogP contribution in [-0.4, -0.2) is 12.6 Å². The molecule has 0 aliphatic rings. The summed E-state index contributed by atoms with van der Waals surface area (Å²) in [6.45, 7) is 10.6. The number of carbonyl (C=O) groups excluding carboxylic acids is 1. The molecule has 1 aromatic carbocycles. The van der Waals surface area contributed by atoms with Crippen molar-refractivity contribution in [1.29, 1.82) is 0 Å². The second kappa shape index (κ2) is 12.1. The Labute approximate surface area is 158 Å². The molecule has 0 spiro atoms. The van der Waals surface area contributed by atoms with Crippen LogP contribution in [0.1, 0.15) is 60.3 Å². The van der Waals surface area contributed by atoms with Crippen LogP contribution in [0.5, 0.6) is 11.5 Å². The van der Waals surface area contributed by atoms with Crippen LogP contribution in [0.4, 0.5) is 0 Å². The standard InChI is InChI=1S/C23H32O3/c1-18(2)8-6-9-19(3)10-7-11-20(4)16-17-25-22-12-14-23(15-13-22)26-21(5)24/h8,10,12-16H,6-7,9,11,17H2,1-5H3/b19-10+,20-16+. The third-order valence-electron chi connectivity index (χ3n) is 3.89. The molecule has 3 nitrogen and oxygen atoms in total. The fraction of sp³-hybridized carbons (Fsp3) is 0.435. The first-order chi connectivity index (χ1) is 12.4. The number of ether oxygens (including phenoxy) is 2. The van der Waals surface area contributed by atoms with Gasteiger partial charge in [-0.15, -0.1) is 0 Å². The molecule has 0 saturated heterocycles. The highest BCUT2D eigenvalue weighted by atomic mass is 16.5. The average molecular weight is 357 g/mol. The highest BCUT2D eigenvalue weighted by Crippen LogP contribution is 2.18. The van der Waals surface area contributed by atoms with Crippen molar-refractivity contribution >= 4 is 5.97 Å². The minimum atomic E-state index is -0.321. The molecule has 0 fully saturated rings. The lowest BCUT2D eigenvalue weighted by Crippen LogP contribution is -2.01. The topological polar surface area (TPSA) is 35.5 Å². The van der Waals surface area contributed by atoms with Crippen LogP contribution in [0.3, 0.4) is 0 Å². The second-order valence-corrected chi connectivity index (χ2v) is 6.84. The third kappa shape index (κ3) is 10.5. The molecule has 0 atom stereocenters. The zero-order chi connectivity index (χ0) is 19.4. The number of hydrogen-bond donors (Lipinski definition) is 0. The molecule has 0 bridgehead atoms. The fourth-order valence-corrected chi connectivity index (χ4v) is 2.39. The normalized spacial score (nSPS) is 11.9. The highest BCUT2D eigenvalue weighted by Gasteiger charge is 1.99. The van der Waals surface area contributed by atoms with Crippen molar-refractivity contribution < 1.29 is 14.3 Å². The first-order valence-electron chi connectivity index (χ1n) is 9.22. The molecular weight excluding hydrogens is 324 g/mol. The smallest absolute Gasteiger partial charge is 0.308 e. The van der Waals surface area contributed by atoms with Crippen LogP contribution in [0.15, 0.2) is 59.2 Å². The summed E-state index contributed by atoms with van der Waals surface area (Å²) in [7, 11) is 0. The van der Waals surface area contributed by atoms with Crippen molar-refractivity contribution in [2.45, 2.75) is 60.3 Å². The predicted molar refractivity (Wildman–Crippen MR) is 109 cm³/mol. The Morgan fingerprint density at radius 2 is 1.35 bits per heavy atom. The lowest BCUT2D eigenvalue weighted by Gasteiger charge is -2.06. The molecule has 0 amide bonds. The minimum absolute atomic E-state index is 0.321. The van der Waals surface area contributed by atoms with Gasteiger partial charge < -0.3 is 9.47 Å². The number of benzene rings is 1. The summed E-state index contributed by atoms with van der Waals surface area (Å²) in [6.07, 6.45) is 11.1. The second-order valence-electron chi connectivity index (χ2n) is 6.84. The van der Waals surface area contributed by atoms with Crippen LogP contribution in [-0.2, 0) is 4.79 Å². The molecule has 0 saturated carbocycles. The Kier molecular flexibility index (Phi) is 10.1. The van der Waals surface area contributed by atoms with Gasteiger partial charge in [-0.1, -0.05) is 28.9 Å². The van der Waals surface area contributed by atoms with Crippen LogP contribution in [0.2, 0.25) is 0 Å². The molecule has 0 unspecified atom stereocenters. The molecule has 0 N–H and O–H groups in total. The number of hydrogen-bond acceptors (Lipinski definition) is 3. The summed E-state index contributed by atoms with van der Waals surface area (Å²) in [5.74, 6) is 0.974. The Morgan fingerprint density at radius 3 is 1.92 bits per heavy atom. The summed E-state index contributed by atoms with van der Waals surface area (Å²) in [5, 5.41) is 0. The quantitative estimate of drug-likeness (QED) is 0.276. The van der Waals surface area contributed by atoms with Crippen molar-refractivity contribution in [1.82, 2.24) is 0 Å². The van der Waals surface area contributed by atoms with Gasteiger partial charge in [0, 0.05) is 6.92 Å². The molecule has 142 valence electrons. The summed E-state index contributed by atoms with van der Waals surface area (Å²) in [6, 6.07) is 7.08. The number of allylic oxidation sites excluding steroid dienone is 5. The number of carbonyl (C=O) groups is 1. The van der Waals surface area contributed by atoms with E-state index in [0.29, 0.717) is 12.4 Å². The van der Waals surface area contributed by atoms with Crippen LogP contribution in [0.25, 0.3) is 0 Å². The van der Waals surface area contributed by atoms with E-state index in [1.54, 1.807) is 24.3 Å². The van der Waals surface area contributed by atoms with Crippen molar-refractivity contribution in [2.75, 3.05) is 6.61 Å². The Bertz CT molecular complexity index is 645. The van der Waals surface area contributed by atoms with Crippen molar-refractivity contribution in [2.24, 2.45) is 0 Å². The van der Waals surface area contributed by atoms with Gasteiger partial charge in [-0.3, -0.25) is 4.79 Å². The van der Waals surface area contributed by atoms with Gasteiger partial charge in [0.05, 0.1) is 0 Å². The zero-order valence-electron chi connectivity index (χ0n) is 16.8. The summed E-state index contributed by atoms with van der Waals surface area (Å²) in [5.41, 5.74) is 4.17. The maximum absolute atomic E-state index is 10.9. The predicted octanol–water partition coefficient (Wildman–Crippen LogP) is 6.41. The molecule has 0 aromatic heterocycles. The molecule has 0 aliphatic heterocycles. The minimum Gasteiger partial charge on any atom is -0.490 e. The first kappa shape index (κ1) is 21.8. The van der Waals surface area contributed by atoms with Gasteiger partial charge in [-0.05, 0) is 83.7 Å². The van der Waals surface area contributed by atoms with E-state index in [1.807, 2.05) is 0 Å². The van der Waals surface area contributed by atoms with Gasteiger partial charge in [-0.2, -0.15) is 0 Å². The van der Waals surface area contributed by atoms with Gasteiger partial charge in [0.15, 0.2) is 0 Å². The molecule has 3 heteroatoms. The molecule has 26 heavy (non-hydrogen) atoms. The molecular formula is C23H32O3. The van der Waals surface area contributed by atoms with Crippen molar-refractivity contribution in [3.8, 4) is 11.5 Å².